The summed E-state index contributed by atoms with van der Waals surface area (Å²) in [7, 11) is 0. The molecule has 0 bridgehead atoms. The Labute approximate surface area is 99.2 Å². The van der Waals surface area contributed by atoms with Gasteiger partial charge in [0.25, 0.3) is 5.91 Å². The molecule has 1 fully saturated rings. The van der Waals surface area contributed by atoms with E-state index in [1.807, 2.05) is 29.2 Å². The molecule has 2 heterocycles. The van der Waals surface area contributed by atoms with Crippen LogP contribution in [0.2, 0.25) is 0 Å². The zero-order chi connectivity index (χ0) is 11.7. The van der Waals surface area contributed by atoms with Crippen LogP contribution in [0.15, 0.2) is 34.9 Å². The smallest absolute Gasteiger partial charge is 0.257 e. The summed E-state index contributed by atoms with van der Waals surface area (Å²) in [5.41, 5.74) is 1.44. The number of amides is 1. The monoisotopic (exact) mass is 230 g/mol. The van der Waals surface area contributed by atoms with Gasteiger partial charge in [0, 0.05) is 31.6 Å². The highest BCUT2D eigenvalue weighted by atomic mass is 16.3. The number of rotatable bonds is 1. The minimum Gasteiger partial charge on any atom is -0.463 e. The first-order valence-electron chi connectivity index (χ1n) is 5.82. The van der Waals surface area contributed by atoms with E-state index >= 15 is 0 Å². The number of hydrogen-bond donors (Lipinski definition) is 1. The number of carbonyl (C=O) groups is 1. The van der Waals surface area contributed by atoms with Crippen molar-refractivity contribution in [3.63, 3.8) is 0 Å². The second-order valence-electron chi connectivity index (χ2n) is 4.19. The number of nitrogens with one attached hydrogen (secondary N) is 1. The predicted octanol–water partition coefficient (Wildman–Crippen LogP) is 1.48. The van der Waals surface area contributed by atoms with Crippen LogP contribution in [0.1, 0.15) is 10.4 Å². The highest BCUT2D eigenvalue weighted by Gasteiger charge is 2.21. The lowest BCUT2D eigenvalue weighted by molar-refractivity contribution is 0.0737. The van der Waals surface area contributed by atoms with Gasteiger partial charge < -0.3 is 14.6 Å². The Balaban J connectivity index is 1.95. The number of piperazine rings is 1. The quantitative estimate of drug-likeness (QED) is 0.807. The lowest BCUT2D eigenvalue weighted by atomic mass is 10.1. The van der Waals surface area contributed by atoms with Crippen LogP contribution in [0.3, 0.4) is 0 Å². The van der Waals surface area contributed by atoms with Gasteiger partial charge in [-0.15, -0.1) is 0 Å². The second-order valence-corrected chi connectivity index (χ2v) is 4.19. The summed E-state index contributed by atoms with van der Waals surface area (Å²) in [5.74, 6) is 0.0662. The summed E-state index contributed by atoms with van der Waals surface area (Å²) in [5, 5.41) is 4.13. The van der Waals surface area contributed by atoms with Crippen LogP contribution in [0.25, 0.3) is 11.0 Å². The Hall–Kier alpha value is -1.81. The first kappa shape index (κ1) is 10.4. The molecule has 0 saturated carbocycles. The predicted molar refractivity (Wildman–Crippen MR) is 65.0 cm³/mol. The molecule has 0 radical (unpaired) electrons. The van der Waals surface area contributed by atoms with Crippen molar-refractivity contribution in [2.75, 3.05) is 26.2 Å². The van der Waals surface area contributed by atoms with Crippen LogP contribution in [-0.2, 0) is 0 Å². The third-order valence-corrected chi connectivity index (χ3v) is 3.12. The maximum Gasteiger partial charge on any atom is 0.257 e. The van der Waals surface area contributed by atoms with Crippen LogP contribution in [0.4, 0.5) is 0 Å². The molecule has 1 aromatic carbocycles. The van der Waals surface area contributed by atoms with Crippen molar-refractivity contribution in [2.24, 2.45) is 0 Å². The minimum absolute atomic E-state index is 0.0662. The van der Waals surface area contributed by atoms with Gasteiger partial charge >= 0.3 is 0 Å². The number of hydrogen-bond acceptors (Lipinski definition) is 3. The Morgan fingerprint density at radius 1 is 1.24 bits per heavy atom. The molecule has 2 aromatic rings. The molecule has 1 aromatic heterocycles. The number of carbonyl (C=O) groups excluding carboxylic acids is 1. The lowest BCUT2D eigenvalue weighted by Crippen LogP contribution is -2.46. The van der Waals surface area contributed by atoms with Gasteiger partial charge in [-0.3, -0.25) is 4.79 Å². The van der Waals surface area contributed by atoms with Crippen molar-refractivity contribution in [3.05, 3.63) is 36.1 Å². The zero-order valence-electron chi connectivity index (χ0n) is 9.48. The van der Waals surface area contributed by atoms with Crippen molar-refractivity contribution >= 4 is 16.9 Å². The van der Waals surface area contributed by atoms with Gasteiger partial charge in [-0.2, -0.15) is 0 Å². The summed E-state index contributed by atoms with van der Waals surface area (Å²) in [6.07, 6.45) is 1.56. The number of fused-ring (bicyclic) bond motifs is 1. The van der Waals surface area contributed by atoms with E-state index in [0.29, 0.717) is 5.56 Å². The van der Waals surface area contributed by atoms with Crippen LogP contribution >= 0.6 is 0 Å². The fraction of sp³-hybridized carbons (Fsp3) is 0.308. The number of furan rings is 1. The average molecular weight is 230 g/mol. The molecule has 4 nitrogen and oxygen atoms in total. The normalized spacial score (nSPS) is 16.4. The maximum absolute atomic E-state index is 12.3. The zero-order valence-corrected chi connectivity index (χ0v) is 9.48. The lowest BCUT2D eigenvalue weighted by Gasteiger charge is -2.27. The Morgan fingerprint density at radius 2 is 2.00 bits per heavy atom. The van der Waals surface area contributed by atoms with Crippen LogP contribution in [-0.4, -0.2) is 37.0 Å². The van der Waals surface area contributed by atoms with Crippen molar-refractivity contribution in [2.45, 2.75) is 0 Å². The summed E-state index contributed by atoms with van der Waals surface area (Å²) in [6, 6.07) is 7.63. The summed E-state index contributed by atoms with van der Waals surface area (Å²) < 4.78 is 5.40. The number of para-hydroxylation sites is 1. The summed E-state index contributed by atoms with van der Waals surface area (Å²) in [4.78, 5) is 14.2. The van der Waals surface area contributed by atoms with Crippen LogP contribution in [0, 0.1) is 0 Å². The minimum atomic E-state index is 0.0662. The molecular weight excluding hydrogens is 216 g/mol. The Morgan fingerprint density at radius 3 is 2.82 bits per heavy atom. The highest BCUT2D eigenvalue weighted by molar-refractivity contribution is 6.05. The fourth-order valence-electron chi connectivity index (χ4n) is 2.18. The first-order valence-corrected chi connectivity index (χ1v) is 5.82. The molecular formula is C13H14N2O2. The number of nitrogens with zero attached hydrogens (tertiary/aromatic N) is 1. The second kappa shape index (κ2) is 4.22. The van der Waals surface area contributed by atoms with Gasteiger partial charge in [0.1, 0.15) is 11.8 Å². The molecule has 1 aliphatic heterocycles. The van der Waals surface area contributed by atoms with E-state index in [2.05, 4.69) is 5.32 Å². The molecule has 0 spiro atoms. The average Bonchev–Trinajstić information content (AvgIpc) is 2.83. The van der Waals surface area contributed by atoms with E-state index in [9.17, 15) is 4.79 Å². The van der Waals surface area contributed by atoms with E-state index in [4.69, 9.17) is 4.42 Å². The molecule has 1 amide bonds. The largest absolute Gasteiger partial charge is 0.463 e. The topological polar surface area (TPSA) is 45.5 Å². The fourth-order valence-corrected chi connectivity index (χ4v) is 2.18. The van der Waals surface area contributed by atoms with Crippen LogP contribution < -0.4 is 5.32 Å². The summed E-state index contributed by atoms with van der Waals surface area (Å²) >= 11 is 0. The SMILES string of the molecule is O=C(c1coc2ccccc12)N1CCNCC1. The summed E-state index contributed by atoms with van der Waals surface area (Å²) in [6.45, 7) is 3.25. The van der Waals surface area contributed by atoms with Gasteiger partial charge in [0.15, 0.2) is 0 Å². The van der Waals surface area contributed by atoms with Gasteiger partial charge in [0.2, 0.25) is 0 Å². The van der Waals surface area contributed by atoms with E-state index in [1.165, 1.54) is 0 Å². The molecule has 88 valence electrons. The van der Waals surface area contributed by atoms with E-state index in [0.717, 1.165) is 37.1 Å². The van der Waals surface area contributed by atoms with Crippen molar-refractivity contribution < 1.29 is 9.21 Å². The van der Waals surface area contributed by atoms with Crippen molar-refractivity contribution in [1.29, 1.82) is 0 Å². The Kier molecular flexibility index (Phi) is 2.57. The molecule has 1 aliphatic rings. The van der Waals surface area contributed by atoms with Crippen molar-refractivity contribution in [1.82, 2.24) is 10.2 Å². The molecule has 3 rings (SSSR count). The molecule has 0 aliphatic carbocycles. The molecule has 4 heteroatoms. The van der Waals surface area contributed by atoms with E-state index in [-0.39, 0.29) is 5.91 Å². The standard InChI is InChI=1S/C13H14N2O2/c16-13(15-7-5-14-6-8-15)11-9-17-12-4-2-1-3-10(11)12/h1-4,9,14H,5-8H2. The third kappa shape index (κ3) is 1.80. The van der Waals surface area contributed by atoms with Gasteiger partial charge in [0.05, 0.1) is 5.56 Å². The maximum atomic E-state index is 12.3. The Bertz CT molecular complexity index is 541. The van der Waals surface area contributed by atoms with Crippen molar-refractivity contribution in [3.8, 4) is 0 Å². The van der Waals surface area contributed by atoms with E-state index in [1.54, 1.807) is 6.26 Å². The number of benzene rings is 1. The van der Waals surface area contributed by atoms with Gasteiger partial charge in [-0.25, -0.2) is 0 Å². The van der Waals surface area contributed by atoms with Gasteiger partial charge in [-0.05, 0) is 6.07 Å². The van der Waals surface area contributed by atoms with Crippen LogP contribution in [0.5, 0.6) is 0 Å². The highest BCUT2D eigenvalue weighted by Crippen LogP contribution is 2.22. The molecule has 0 atom stereocenters. The molecule has 1 N–H and O–H groups in total. The first-order chi connectivity index (χ1) is 8.36. The molecule has 17 heavy (non-hydrogen) atoms. The van der Waals surface area contributed by atoms with Gasteiger partial charge in [-0.1, -0.05) is 18.2 Å². The third-order valence-electron chi connectivity index (χ3n) is 3.12. The van der Waals surface area contributed by atoms with E-state index < -0.39 is 0 Å². The molecule has 1 saturated heterocycles. The molecule has 0 unspecified atom stereocenters.